The van der Waals surface area contributed by atoms with Crippen LogP contribution < -0.4 is 16.6 Å². The molecule has 0 radical (unpaired) electrons. The largest absolute Gasteiger partial charge is 0.416 e. The number of nitrogens with two attached hydrogens (primary N) is 1. The maximum Gasteiger partial charge on any atom is 0.416 e. The Kier molecular flexibility index (Phi) is 5.56. The zero-order valence-corrected chi connectivity index (χ0v) is 12.1. The van der Waals surface area contributed by atoms with Crippen molar-refractivity contribution in [2.24, 2.45) is 5.84 Å². The van der Waals surface area contributed by atoms with Gasteiger partial charge in [0.1, 0.15) is 0 Å². The smallest absolute Gasteiger partial charge is 0.348 e. The number of halogens is 3. The quantitative estimate of drug-likeness (QED) is 0.572. The molecule has 0 fully saturated rings. The molecule has 0 aliphatic rings. The molecule has 0 aromatic heterocycles. The summed E-state index contributed by atoms with van der Waals surface area (Å²) in [5.41, 5.74) is 1.33. The summed E-state index contributed by atoms with van der Waals surface area (Å²) in [7, 11) is 3.67. The van der Waals surface area contributed by atoms with Crippen molar-refractivity contribution >= 4 is 11.6 Å². The first-order valence-electron chi connectivity index (χ1n) is 6.28. The van der Waals surface area contributed by atoms with Crippen LogP contribution in [-0.4, -0.2) is 37.5 Å². The van der Waals surface area contributed by atoms with Gasteiger partial charge in [-0.05, 0) is 39.2 Å². The number of carbonyl (C=O) groups excluding carboxylic acids is 1. The Hall–Kier alpha value is -1.80. The highest BCUT2D eigenvalue weighted by Crippen LogP contribution is 2.31. The zero-order valence-electron chi connectivity index (χ0n) is 12.1. The summed E-state index contributed by atoms with van der Waals surface area (Å²) in [6.07, 6.45) is -4.52. The first kappa shape index (κ1) is 17.3. The van der Waals surface area contributed by atoms with Gasteiger partial charge in [0.2, 0.25) is 0 Å². The van der Waals surface area contributed by atoms with Crippen molar-refractivity contribution < 1.29 is 18.0 Å². The number of hydrogen-bond donors (Lipinski definition) is 3. The average molecular weight is 304 g/mol. The van der Waals surface area contributed by atoms with Gasteiger partial charge in [-0.25, -0.2) is 0 Å². The van der Waals surface area contributed by atoms with Gasteiger partial charge >= 0.3 is 6.18 Å². The second-order valence-electron chi connectivity index (χ2n) is 5.04. The molecule has 0 saturated heterocycles. The summed E-state index contributed by atoms with van der Waals surface area (Å²) in [6, 6.07) is 2.57. The molecule has 0 saturated carbocycles. The molecule has 1 aromatic rings. The van der Waals surface area contributed by atoms with E-state index in [0.717, 1.165) is 18.2 Å². The fraction of sp³-hybridized carbons (Fsp3) is 0.462. The van der Waals surface area contributed by atoms with E-state index in [1.807, 2.05) is 19.0 Å². The minimum atomic E-state index is -4.52. The molecule has 0 heterocycles. The number of rotatable bonds is 5. The number of hydrogen-bond acceptors (Lipinski definition) is 4. The third kappa shape index (κ3) is 4.91. The number of amides is 1. The Bertz CT molecular complexity index is 503. The van der Waals surface area contributed by atoms with Crippen LogP contribution >= 0.6 is 0 Å². The molecule has 1 aromatic carbocycles. The summed E-state index contributed by atoms with van der Waals surface area (Å²) >= 11 is 0. The van der Waals surface area contributed by atoms with E-state index in [1.165, 1.54) is 0 Å². The Morgan fingerprint density at radius 2 is 2.00 bits per heavy atom. The van der Waals surface area contributed by atoms with Crippen molar-refractivity contribution in [2.75, 3.05) is 26.1 Å². The van der Waals surface area contributed by atoms with Crippen LogP contribution in [0.1, 0.15) is 22.8 Å². The van der Waals surface area contributed by atoms with Gasteiger partial charge in [0.25, 0.3) is 5.91 Å². The molecule has 1 amide bonds. The maximum atomic E-state index is 12.7. The molecule has 8 heteroatoms. The second-order valence-corrected chi connectivity index (χ2v) is 5.04. The fourth-order valence-corrected chi connectivity index (χ4v) is 1.93. The minimum absolute atomic E-state index is 0.137. The summed E-state index contributed by atoms with van der Waals surface area (Å²) < 4.78 is 38.1. The minimum Gasteiger partial charge on any atom is -0.348 e. The lowest BCUT2D eigenvalue weighted by Gasteiger charge is -2.19. The highest BCUT2D eigenvalue weighted by molar-refractivity contribution is 6.00. The Morgan fingerprint density at radius 1 is 1.38 bits per heavy atom. The van der Waals surface area contributed by atoms with Gasteiger partial charge in [0.15, 0.2) is 0 Å². The van der Waals surface area contributed by atoms with Crippen LogP contribution in [-0.2, 0) is 6.18 Å². The lowest BCUT2D eigenvalue weighted by molar-refractivity contribution is -0.137. The van der Waals surface area contributed by atoms with Crippen LogP contribution in [0.25, 0.3) is 0 Å². The standard InChI is InChI=1S/C13H19F3N4O/c1-8(7-20(2)3)18-12(21)10-6-9(13(14,15)16)4-5-11(10)19-17/h4-6,8,19H,7,17H2,1-3H3,(H,18,21). The fourth-order valence-electron chi connectivity index (χ4n) is 1.93. The highest BCUT2D eigenvalue weighted by Gasteiger charge is 2.31. The number of nitrogens with one attached hydrogen (secondary N) is 2. The topological polar surface area (TPSA) is 70.4 Å². The molecule has 21 heavy (non-hydrogen) atoms. The van der Waals surface area contributed by atoms with Crippen molar-refractivity contribution in [1.29, 1.82) is 0 Å². The normalized spacial score (nSPS) is 13.1. The Balaban J connectivity index is 3.01. The van der Waals surface area contributed by atoms with Gasteiger partial charge in [0, 0.05) is 12.6 Å². The molecule has 0 spiro atoms. The predicted octanol–water partition coefficient (Wildman–Crippen LogP) is 1.67. The number of anilines is 1. The molecular formula is C13H19F3N4O. The molecule has 0 aliphatic heterocycles. The van der Waals surface area contributed by atoms with Gasteiger partial charge in [-0.15, -0.1) is 0 Å². The van der Waals surface area contributed by atoms with E-state index in [1.54, 1.807) is 6.92 Å². The number of likely N-dealkylation sites (N-methyl/N-ethyl adjacent to an activating group) is 1. The van der Waals surface area contributed by atoms with Crippen molar-refractivity contribution in [2.45, 2.75) is 19.1 Å². The third-order valence-corrected chi connectivity index (χ3v) is 2.76. The summed E-state index contributed by atoms with van der Waals surface area (Å²) in [6.45, 7) is 2.33. The lowest BCUT2D eigenvalue weighted by atomic mass is 10.1. The second kappa shape index (κ2) is 6.77. The summed E-state index contributed by atoms with van der Waals surface area (Å²) in [4.78, 5) is 14.0. The predicted molar refractivity (Wildman–Crippen MR) is 74.7 cm³/mol. The number of hydrazine groups is 1. The van der Waals surface area contributed by atoms with Crippen LogP contribution in [0.15, 0.2) is 18.2 Å². The summed E-state index contributed by atoms with van der Waals surface area (Å²) in [5, 5.41) is 2.64. The number of nitrogen functional groups attached to an aromatic ring is 1. The van der Waals surface area contributed by atoms with E-state index in [0.29, 0.717) is 6.54 Å². The number of nitrogens with zero attached hydrogens (tertiary/aromatic N) is 1. The van der Waals surface area contributed by atoms with Crippen LogP contribution in [0, 0.1) is 0 Å². The van der Waals surface area contributed by atoms with E-state index in [-0.39, 0.29) is 17.3 Å². The van der Waals surface area contributed by atoms with E-state index in [4.69, 9.17) is 5.84 Å². The Labute approximate surface area is 121 Å². The molecular weight excluding hydrogens is 285 g/mol. The van der Waals surface area contributed by atoms with Gasteiger partial charge in [-0.3, -0.25) is 10.6 Å². The van der Waals surface area contributed by atoms with E-state index >= 15 is 0 Å². The van der Waals surface area contributed by atoms with Gasteiger partial charge in [-0.1, -0.05) is 0 Å². The molecule has 0 bridgehead atoms. The molecule has 1 atom stereocenters. The van der Waals surface area contributed by atoms with E-state index in [9.17, 15) is 18.0 Å². The molecule has 4 N–H and O–H groups in total. The molecule has 1 rings (SSSR count). The van der Waals surface area contributed by atoms with Gasteiger partial charge in [0.05, 0.1) is 16.8 Å². The van der Waals surface area contributed by atoms with Crippen LogP contribution in [0.3, 0.4) is 0 Å². The lowest BCUT2D eigenvalue weighted by Crippen LogP contribution is -2.40. The summed E-state index contributed by atoms with van der Waals surface area (Å²) in [5.74, 6) is 4.63. The van der Waals surface area contributed by atoms with Crippen molar-refractivity contribution in [1.82, 2.24) is 10.2 Å². The van der Waals surface area contributed by atoms with Crippen molar-refractivity contribution in [3.8, 4) is 0 Å². The van der Waals surface area contributed by atoms with Crippen LogP contribution in [0.4, 0.5) is 18.9 Å². The van der Waals surface area contributed by atoms with Gasteiger partial charge in [-0.2, -0.15) is 13.2 Å². The first-order valence-corrected chi connectivity index (χ1v) is 6.28. The van der Waals surface area contributed by atoms with Crippen molar-refractivity contribution in [3.05, 3.63) is 29.3 Å². The third-order valence-electron chi connectivity index (χ3n) is 2.76. The number of alkyl halides is 3. The zero-order chi connectivity index (χ0) is 16.2. The van der Waals surface area contributed by atoms with Crippen LogP contribution in [0.2, 0.25) is 0 Å². The molecule has 0 aliphatic carbocycles. The monoisotopic (exact) mass is 304 g/mol. The SMILES string of the molecule is CC(CN(C)C)NC(=O)c1cc(C(F)(F)F)ccc1NN. The molecule has 5 nitrogen and oxygen atoms in total. The molecule has 1 unspecified atom stereocenters. The van der Waals surface area contributed by atoms with Crippen LogP contribution in [0.5, 0.6) is 0 Å². The van der Waals surface area contributed by atoms with Gasteiger partial charge < -0.3 is 15.6 Å². The first-order chi connectivity index (χ1) is 9.65. The molecule has 118 valence electrons. The number of carbonyl (C=O) groups is 1. The van der Waals surface area contributed by atoms with Crippen molar-refractivity contribution in [3.63, 3.8) is 0 Å². The van der Waals surface area contributed by atoms with E-state index < -0.39 is 17.6 Å². The average Bonchev–Trinajstić information content (AvgIpc) is 2.35. The number of benzene rings is 1. The maximum absolute atomic E-state index is 12.7. The van der Waals surface area contributed by atoms with E-state index in [2.05, 4.69) is 10.7 Å². The highest BCUT2D eigenvalue weighted by atomic mass is 19.4. The Morgan fingerprint density at radius 3 is 2.48 bits per heavy atom.